The molecule has 0 radical (unpaired) electrons. The molecule has 1 aromatic rings. The minimum atomic E-state index is -0.343. The van der Waals surface area contributed by atoms with Gasteiger partial charge in [0.1, 0.15) is 0 Å². The summed E-state index contributed by atoms with van der Waals surface area (Å²) >= 11 is 0. The molecule has 6 nitrogen and oxygen atoms in total. The maximum atomic E-state index is 11.8. The molecule has 1 rings (SSSR count). The first-order valence-corrected chi connectivity index (χ1v) is 8.37. The third-order valence-corrected chi connectivity index (χ3v) is 3.81. The molecule has 1 aromatic heterocycles. The smallest absolute Gasteiger partial charge is 0.223 e. The zero-order valence-electron chi connectivity index (χ0n) is 14.5. The van der Waals surface area contributed by atoms with Crippen molar-refractivity contribution in [3.63, 3.8) is 0 Å². The number of hydrogen-bond acceptors (Lipinski definition) is 4. The summed E-state index contributed by atoms with van der Waals surface area (Å²) in [5, 5.41) is 12.4. The molecule has 0 saturated heterocycles. The highest BCUT2D eigenvalue weighted by atomic mass is 16.3. The van der Waals surface area contributed by atoms with Gasteiger partial charge >= 0.3 is 0 Å². The Labute approximate surface area is 138 Å². The van der Waals surface area contributed by atoms with Gasteiger partial charge < -0.3 is 15.0 Å². The molecule has 23 heavy (non-hydrogen) atoms. The minimum absolute atomic E-state index is 0.0512. The second kappa shape index (κ2) is 10.0. The number of unbranched alkanes of at least 4 members (excludes halogenated alkanes) is 1. The molecule has 0 bridgehead atoms. The predicted octanol–water partition coefficient (Wildman–Crippen LogP) is 1.70. The molecular weight excluding hydrogens is 294 g/mol. The minimum Gasteiger partial charge on any atom is -0.503 e. The van der Waals surface area contributed by atoms with E-state index in [9.17, 15) is 14.7 Å². The molecule has 0 aliphatic rings. The zero-order valence-corrected chi connectivity index (χ0v) is 14.5. The molecule has 0 aliphatic carbocycles. The SMILES string of the molecule is CCCCN(CC)Cc1cc(=O)c(O)cn1CCCNC(C)=O. The molecule has 0 saturated carbocycles. The predicted molar refractivity (Wildman–Crippen MR) is 91.5 cm³/mol. The molecule has 0 aliphatic heterocycles. The Bertz CT molecular complexity index is 555. The molecule has 0 fully saturated rings. The van der Waals surface area contributed by atoms with Gasteiger partial charge in [-0.15, -0.1) is 0 Å². The topological polar surface area (TPSA) is 74.6 Å². The van der Waals surface area contributed by atoms with Gasteiger partial charge in [0.25, 0.3) is 0 Å². The number of nitrogens with zero attached hydrogens (tertiary/aromatic N) is 2. The third kappa shape index (κ3) is 6.86. The Balaban J connectivity index is 2.80. The van der Waals surface area contributed by atoms with Crippen molar-refractivity contribution < 1.29 is 9.90 Å². The Hall–Kier alpha value is -1.82. The normalized spacial score (nSPS) is 11.0. The van der Waals surface area contributed by atoms with Crippen LogP contribution in [0.1, 0.15) is 45.7 Å². The number of carbonyl (C=O) groups is 1. The van der Waals surface area contributed by atoms with E-state index < -0.39 is 0 Å². The average Bonchev–Trinajstić information content (AvgIpc) is 2.51. The number of aryl methyl sites for hydroxylation is 1. The van der Waals surface area contributed by atoms with Gasteiger partial charge in [-0.05, 0) is 25.9 Å². The van der Waals surface area contributed by atoms with Crippen LogP contribution in [0.5, 0.6) is 5.75 Å². The van der Waals surface area contributed by atoms with E-state index in [2.05, 4.69) is 24.1 Å². The van der Waals surface area contributed by atoms with Crippen molar-refractivity contribution in [2.75, 3.05) is 19.6 Å². The van der Waals surface area contributed by atoms with E-state index in [-0.39, 0.29) is 17.1 Å². The van der Waals surface area contributed by atoms with Crippen molar-refractivity contribution in [3.05, 3.63) is 28.2 Å². The van der Waals surface area contributed by atoms with E-state index in [1.165, 1.54) is 19.2 Å². The van der Waals surface area contributed by atoms with Crippen molar-refractivity contribution in [3.8, 4) is 5.75 Å². The van der Waals surface area contributed by atoms with E-state index in [0.29, 0.717) is 19.6 Å². The Kier molecular flexibility index (Phi) is 8.40. The first-order valence-electron chi connectivity index (χ1n) is 8.37. The van der Waals surface area contributed by atoms with Gasteiger partial charge in [0.05, 0.1) is 6.20 Å². The van der Waals surface area contributed by atoms with Gasteiger partial charge in [0.15, 0.2) is 5.75 Å². The molecule has 0 aromatic carbocycles. The number of amides is 1. The highest BCUT2D eigenvalue weighted by Crippen LogP contribution is 2.10. The highest BCUT2D eigenvalue weighted by molar-refractivity contribution is 5.72. The molecular formula is C17H29N3O3. The van der Waals surface area contributed by atoms with E-state index in [1.807, 2.05) is 4.57 Å². The summed E-state index contributed by atoms with van der Waals surface area (Å²) < 4.78 is 1.91. The van der Waals surface area contributed by atoms with Crippen molar-refractivity contribution in [2.24, 2.45) is 0 Å². The second-order valence-electron chi connectivity index (χ2n) is 5.77. The molecule has 1 amide bonds. The Morgan fingerprint density at radius 3 is 2.70 bits per heavy atom. The van der Waals surface area contributed by atoms with Gasteiger partial charge in [-0.25, -0.2) is 0 Å². The average molecular weight is 323 g/mol. The summed E-state index contributed by atoms with van der Waals surface area (Å²) in [5.41, 5.74) is 0.554. The lowest BCUT2D eigenvalue weighted by Gasteiger charge is -2.23. The fourth-order valence-electron chi connectivity index (χ4n) is 2.42. The maximum absolute atomic E-state index is 11.8. The van der Waals surface area contributed by atoms with Crippen LogP contribution in [-0.4, -0.2) is 40.1 Å². The fourth-order valence-corrected chi connectivity index (χ4v) is 2.42. The van der Waals surface area contributed by atoms with Gasteiger partial charge in [0, 0.05) is 38.3 Å². The number of hydrogen-bond donors (Lipinski definition) is 2. The Morgan fingerprint density at radius 2 is 2.09 bits per heavy atom. The van der Waals surface area contributed by atoms with E-state index in [1.54, 1.807) is 0 Å². The van der Waals surface area contributed by atoms with Crippen LogP contribution in [0.3, 0.4) is 0 Å². The van der Waals surface area contributed by atoms with Gasteiger partial charge in [0.2, 0.25) is 11.3 Å². The first-order chi connectivity index (χ1) is 11.0. The Morgan fingerprint density at radius 1 is 1.35 bits per heavy atom. The van der Waals surface area contributed by atoms with Crippen molar-refractivity contribution >= 4 is 5.91 Å². The highest BCUT2D eigenvalue weighted by Gasteiger charge is 2.10. The molecule has 2 N–H and O–H groups in total. The number of rotatable bonds is 10. The summed E-state index contributed by atoms with van der Waals surface area (Å²) in [6, 6.07) is 1.52. The van der Waals surface area contributed by atoms with Crippen molar-refractivity contribution in [1.29, 1.82) is 0 Å². The zero-order chi connectivity index (χ0) is 17.2. The monoisotopic (exact) mass is 323 g/mol. The molecule has 0 unspecified atom stereocenters. The van der Waals surface area contributed by atoms with Crippen LogP contribution in [0.4, 0.5) is 0 Å². The largest absolute Gasteiger partial charge is 0.503 e. The van der Waals surface area contributed by atoms with Crippen LogP contribution in [0, 0.1) is 0 Å². The van der Waals surface area contributed by atoms with Gasteiger partial charge in [-0.1, -0.05) is 20.3 Å². The fraction of sp³-hybridized carbons (Fsp3) is 0.647. The van der Waals surface area contributed by atoms with Crippen LogP contribution in [0.2, 0.25) is 0 Å². The summed E-state index contributed by atoms with van der Waals surface area (Å²) in [4.78, 5) is 24.9. The van der Waals surface area contributed by atoms with Crippen LogP contribution in [0.25, 0.3) is 0 Å². The number of carbonyl (C=O) groups excluding carboxylic acids is 1. The molecule has 130 valence electrons. The summed E-state index contributed by atoms with van der Waals surface area (Å²) in [7, 11) is 0. The number of nitrogens with one attached hydrogen (secondary N) is 1. The van der Waals surface area contributed by atoms with Crippen LogP contribution >= 0.6 is 0 Å². The molecule has 0 atom stereocenters. The lowest BCUT2D eigenvalue weighted by atomic mass is 10.2. The van der Waals surface area contributed by atoms with Crippen LogP contribution < -0.4 is 10.7 Å². The van der Waals surface area contributed by atoms with Crippen molar-refractivity contribution in [2.45, 2.75) is 53.1 Å². The molecule has 1 heterocycles. The van der Waals surface area contributed by atoms with Crippen LogP contribution in [-0.2, 0) is 17.9 Å². The quantitative estimate of drug-likeness (QED) is 0.643. The second-order valence-corrected chi connectivity index (χ2v) is 5.77. The van der Waals surface area contributed by atoms with Crippen LogP contribution in [0.15, 0.2) is 17.1 Å². The number of aromatic nitrogens is 1. The number of aromatic hydroxyl groups is 1. The first kappa shape index (κ1) is 19.2. The van der Waals surface area contributed by atoms with E-state index in [4.69, 9.17) is 0 Å². The maximum Gasteiger partial charge on any atom is 0.223 e. The van der Waals surface area contributed by atoms with E-state index in [0.717, 1.165) is 38.0 Å². The van der Waals surface area contributed by atoms with Gasteiger partial charge in [-0.3, -0.25) is 14.5 Å². The van der Waals surface area contributed by atoms with E-state index >= 15 is 0 Å². The standard InChI is InChI=1S/C17H29N3O3/c1-4-6-9-19(5-2)12-15-11-16(22)17(23)13-20(15)10-7-8-18-14(3)21/h11,13,23H,4-10,12H2,1-3H3,(H,18,21). The van der Waals surface area contributed by atoms with Gasteiger partial charge in [-0.2, -0.15) is 0 Å². The summed E-state index contributed by atoms with van der Waals surface area (Å²) in [5.74, 6) is -0.283. The number of pyridine rings is 1. The molecule has 0 spiro atoms. The lowest BCUT2D eigenvalue weighted by Crippen LogP contribution is -2.28. The summed E-state index contributed by atoms with van der Waals surface area (Å²) in [6.07, 6.45) is 4.50. The lowest BCUT2D eigenvalue weighted by molar-refractivity contribution is -0.118. The summed E-state index contributed by atoms with van der Waals surface area (Å²) in [6.45, 7) is 9.58. The third-order valence-electron chi connectivity index (χ3n) is 3.81. The van der Waals surface area contributed by atoms with Crippen molar-refractivity contribution in [1.82, 2.24) is 14.8 Å². The molecule has 6 heteroatoms.